The molecule has 0 N–H and O–H groups in total. The zero-order valence-corrected chi connectivity index (χ0v) is 13.0. The van der Waals surface area contributed by atoms with Crippen LogP contribution in [-0.2, 0) is 4.74 Å². The summed E-state index contributed by atoms with van der Waals surface area (Å²) >= 11 is 1.26. The van der Waals surface area contributed by atoms with Crippen LogP contribution in [0.25, 0.3) is 0 Å². The first-order valence-electron chi connectivity index (χ1n) is 6.61. The molecule has 0 saturated carbocycles. The average molecular weight is 317 g/mol. The molecule has 2 aromatic carbocycles. The van der Waals surface area contributed by atoms with Gasteiger partial charge in [0.05, 0.1) is 15.4 Å². The number of benzene rings is 2. The van der Waals surface area contributed by atoms with Crippen molar-refractivity contribution >= 4 is 23.4 Å². The lowest BCUT2D eigenvalue weighted by molar-refractivity contribution is -0.387. The quantitative estimate of drug-likeness (QED) is 0.357. The van der Waals surface area contributed by atoms with Gasteiger partial charge in [0, 0.05) is 6.07 Å². The van der Waals surface area contributed by atoms with E-state index in [-0.39, 0.29) is 11.3 Å². The van der Waals surface area contributed by atoms with Crippen molar-refractivity contribution in [3.63, 3.8) is 0 Å². The molecule has 0 aliphatic carbocycles. The summed E-state index contributed by atoms with van der Waals surface area (Å²) in [6, 6.07) is 13.7. The highest BCUT2D eigenvalue weighted by Crippen LogP contribution is 2.29. The van der Waals surface area contributed by atoms with E-state index in [1.807, 2.05) is 30.3 Å². The molecular formula is C16H15NO4S. The van der Waals surface area contributed by atoms with Crippen LogP contribution in [0, 0.1) is 10.1 Å². The number of carbonyl (C=O) groups is 1. The predicted molar refractivity (Wildman–Crippen MR) is 85.1 cm³/mol. The van der Waals surface area contributed by atoms with Gasteiger partial charge >= 0.3 is 5.97 Å². The molecule has 0 spiro atoms. The number of thioether (sulfide) groups is 1. The molecule has 0 amide bonds. The Morgan fingerprint density at radius 2 is 1.91 bits per heavy atom. The fourth-order valence-electron chi connectivity index (χ4n) is 1.98. The van der Waals surface area contributed by atoms with Crippen molar-refractivity contribution < 1.29 is 14.5 Å². The first-order valence-corrected chi connectivity index (χ1v) is 7.83. The van der Waals surface area contributed by atoms with Gasteiger partial charge in [-0.3, -0.25) is 10.1 Å². The number of hydrogen-bond donors (Lipinski definition) is 0. The number of esters is 1. The summed E-state index contributed by atoms with van der Waals surface area (Å²) in [7, 11) is 0. The van der Waals surface area contributed by atoms with Crippen molar-refractivity contribution in [2.75, 3.05) is 6.26 Å². The van der Waals surface area contributed by atoms with Crippen LogP contribution in [0.4, 0.5) is 5.69 Å². The van der Waals surface area contributed by atoms with Crippen molar-refractivity contribution in [2.24, 2.45) is 0 Å². The standard InChI is InChI=1S/C16H15NO4S/c1-11(12-6-4-3-5-7-12)21-16(18)13-8-9-15(22-2)14(10-13)17(19)20/h3-11H,1-2H3/t11-/m1/s1. The fraction of sp³-hybridized carbons (Fsp3) is 0.188. The molecule has 22 heavy (non-hydrogen) atoms. The summed E-state index contributed by atoms with van der Waals surface area (Å²) in [5.41, 5.74) is 0.952. The van der Waals surface area contributed by atoms with Gasteiger partial charge in [-0.1, -0.05) is 30.3 Å². The minimum atomic E-state index is -0.577. The molecule has 2 aromatic rings. The molecule has 0 saturated heterocycles. The van der Waals surface area contributed by atoms with E-state index in [4.69, 9.17) is 4.74 Å². The maximum absolute atomic E-state index is 12.2. The molecule has 1 atom stereocenters. The SMILES string of the molecule is CSc1ccc(C(=O)O[C@H](C)c2ccccc2)cc1[N+](=O)[O-]. The second kappa shape index (κ2) is 7.09. The van der Waals surface area contributed by atoms with Crippen molar-refractivity contribution in [3.05, 3.63) is 69.8 Å². The minimum absolute atomic E-state index is 0.0886. The van der Waals surface area contributed by atoms with Gasteiger partial charge in [0.15, 0.2) is 0 Å². The number of nitro benzene ring substituents is 1. The van der Waals surface area contributed by atoms with E-state index in [9.17, 15) is 14.9 Å². The third-order valence-electron chi connectivity index (χ3n) is 3.16. The van der Waals surface area contributed by atoms with E-state index in [0.717, 1.165) is 5.56 Å². The van der Waals surface area contributed by atoms with Gasteiger partial charge in [-0.25, -0.2) is 4.79 Å². The molecule has 0 bridgehead atoms. The minimum Gasteiger partial charge on any atom is -0.454 e. The van der Waals surface area contributed by atoms with Gasteiger partial charge in [-0.05, 0) is 30.9 Å². The maximum Gasteiger partial charge on any atom is 0.338 e. The van der Waals surface area contributed by atoms with E-state index in [0.29, 0.717) is 4.90 Å². The third kappa shape index (κ3) is 3.65. The molecule has 0 heterocycles. The number of nitrogens with zero attached hydrogens (tertiary/aromatic N) is 1. The van der Waals surface area contributed by atoms with Gasteiger partial charge in [-0.15, -0.1) is 11.8 Å². The Balaban J connectivity index is 2.19. The Hall–Kier alpha value is -2.34. The molecule has 6 heteroatoms. The molecule has 0 fully saturated rings. The maximum atomic E-state index is 12.2. The highest BCUT2D eigenvalue weighted by Gasteiger charge is 2.19. The molecule has 2 rings (SSSR count). The summed E-state index contributed by atoms with van der Waals surface area (Å²) in [5, 5.41) is 11.0. The van der Waals surface area contributed by atoms with E-state index in [1.165, 1.54) is 17.8 Å². The molecule has 0 unspecified atom stereocenters. The first-order chi connectivity index (χ1) is 10.5. The Morgan fingerprint density at radius 1 is 1.23 bits per heavy atom. The number of rotatable bonds is 5. The Bertz CT molecular complexity index is 688. The van der Waals surface area contributed by atoms with Crippen molar-refractivity contribution in [2.45, 2.75) is 17.9 Å². The number of ether oxygens (including phenoxy) is 1. The van der Waals surface area contributed by atoms with Gasteiger partial charge in [-0.2, -0.15) is 0 Å². The summed E-state index contributed by atoms with van der Waals surface area (Å²) in [5.74, 6) is -0.577. The van der Waals surface area contributed by atoms with Crippen LogP contribution in [0.15, 0.2) is 53.4 Å². The second-order valence-corrected chi connectivity index (χ2v) is 5.45. The first kappa shape index (κ1) is 16.0. The van der Waals surface area contributed by atoms with E-state index >= 15 is 0 Å². The van der Waals surface area contributed by atoms with Gasteiger partial charge in [0.25, 0.3) is 5.69 Å². The lowest BCUT2D eigenvalue weighted by Gasteiger charge is -2.13. The number of hydrogen-bond acceptors (Lipinski definition) is 5. The van der Waals surface area contributed by atoms with Crippen molar-refractivity contribution in [3.8, 4) is 0 Å². The topological polar surface area (TPSA) is 69.4 Å². The largest absolute Gasteiger partial charge is 0.454 e. The number of carbonyl (C=O) groups excluding carboxylic acids is 1. The normalized spacial score (nSPS) is 11.7. The molecule has 0 radical (unpaired) electrons. The Labute approximate surface area is 132 Å². The van der Waals surface area contributed by atoms with E-state index in [1.54, 1.807) is 25.3 Å². The summed E-state index contributed by atoms with van der Waals surface area (Å²) in [6.07, 6.45) is 1.32. The highest BCUT2D eigenvalue weighted by atomic mass is 32.2. The van der Waals surface area contributed by atoms with Gasteiger partial charge in [0.1, 0.15) is 6.10 Å². The van der Waals surface area contributed by atoms with Crippen LogP contribution in [0.2, 0.25) is 0 Å². The smallest absolute Gasteiger partial charge is 0.338 e. The zero-order valence-electron chi connectivity index (χ0n) is 12.2. The summed E-state index contributed by atoms with van der Waals surface area (Å²) in [6.45, 7) is 1.76. The molecule has 5 nitrogen and oxygen atoms in total. The van der Waals surface area contributed by atoms with Crippen molar-refractivity contribution in [1.29, 1.82) is 0 Å². The summed E-state index contributed by atoms with van der Waals surface area (Å²) < 4.78 is 5.36. The molecule has 0 aliphatic heterocycles. The van der Waals surface area contributed by atoms with E-state index < -0.39 is 17.0 Å². The van der Waals surface area contributed by atoms with Gasteiger partial charge in [0.2, 0.25) is 0 Å². The van der Waals surface area contributed by atoms with Crippen LogP contribution >= 0.6 is 11.8 Å². The van der Waals surface area contributed by atoms with Gasteiger partial charge < -0.3 is 4.74 Å². The van der Waals surface area contributed by atoms with Crippen LogP contribution in [-0.4, -0.2) is 17.1 Å². The zero-order chi connectivity index (χ0) is 16.1. The Morgan fingerprint density at radius 3 is 2.50 bits per heavy atom. The number of nitro groups is 1. The highest BCUT2D eigenvalue weighted by molar-refractivity contribution is 7.98. The fourth-order valence-corrected chi connectivity index (χ4v) is 2.53. The average Bonchev–Trinajstić information content (AvgIpc) is 2.54. The lowest BCUT2D eigenvalue weighted by atomic mass is 10.1. The van der Waals surface area contributed by atoms with E-state index in [2.05, 4.69) is 0 Å². The lowest BCUT2D eigenvalue weighted by Crippen LogP contribution is -2.09. The van der Waals surface area contributed by atoms with Crippen LogP contribution in [0.5, 0.6) is 0 Å². The second-order valence-electron chi connectivity index (χ2n) is 4.60. The summed E-state index contributed by atoms with van der Waals surface area (Å²) in [4.78, 5) is 23.2. The molecule has 0 aromatic heterocycles. The van der Waals surface area contributed by atoms with Crippen LogP contribution in [0.3, 0.4) is 0 Å². The third-order valence-corrected chi connectivity index (χ3v) is 3.95. The molecular weight excluding hydrogens is 302 g/mol. The predicted octanol–water partition coefficient (Wildman–Crippen LogP) is 4.23. The Kier molecular flexibility index (Phi) is 5.16. The van der Waals surface area contributed by atoms with Crippen LogP contribution < -0.4 is 0 Å². The molecule has 0 aliphatic rings. The van der Waals surface area contributed by atoms with Crippen molar-refractivity contribution in [1.82, 2.24) is 0 Å². The monoisotopic (exact) mass is 317 g/mol. The molecule has 114 valence electrons. The van der Waals surface area contributed by atoms with Crippen LogP contribution in [0.1, 0.15) is 28.9 Å².